The number of thioether (sulfide) groups is 1. The van der Waals surface area contributed by atoms with Crippen LogP contribution in [-0.4, -0.2) is 25.9 Å². The van der Waals surface area contributed by atoms with Gasteiger partial charge in [0.1, 0.15) is 12.4 Å². The summed E-state index contributed by atoms with van der Waals surface area (Å²) >= 11 is 1.26. The fraction of sp³-hybridized carbons (Fsp3) is 0.111. The largest absolute Gasteiger partial charge is 0.324 e. The monoisotopic (exact) mass is 349 g/mol. The second kappa shape index (κ2) is 7.64. The van der Waals surface area contributed by atoms with Crippen LogP contribution in [-0.2, 0) is 4.79 Å². The molecule has 1 atom stereocenters. The number of nitrogens with one attached hydrogen (secondary N) is 1. The molecule has 6 nitrogen and oxygen atoms in total. The number of rotatable bonds is 5. The minimum Gasteiger partial charge on any atom is -0.324 e. The molecule has 1 unspecified atom stereocenters. The molecule has 0 fully saturated rings. The van der Waals surface area contributed by atoms with Crippen LogP contribution in [0.1, 0.15) is 12.5 Å². The van der Waals surface area contributed by atoms with Crippen molar-refractivity contribution in [2.24, 2.45) is 0 Å². The van der Waals surface area contributed by atoms with Crippen molar-refractivity contribution in [3.8, 4) is 11.8 Å². The normalized spacial score (nSPS) is 11.5. The number of hydrogen-bond donors (Lipinski definition) is 1. The van der Waals surface area contributed by atoms with Gasteiger partial charge in [-0.25, -0.2) is 9.67 Å². The first-order valence-electron chi connectivity index (χ1n) is 7.61. The third-order valence-corrected chi connectivity index (χ3v) is 4.41. The molecule has 124 valence electrons. The molecule has 25 heavy (non-hydrogen) atoms. The summed E-state index contributed by atoms with van der Waals surface area (Å²) in [6, 6.07) is 18.6. The maximum atomic E-state index is 12.4. The van der Waals surface area contributed by atoms with Gasteiger partial charge in [0.05, 0.1) is 22.2 Å². The molecular weight excluding hydrogens is 334 g/mol. The van der Waals surface area contributed by atoms with Gasteiger partial charge >= 0.3 is 0 Å². The number of anilines is 1. The van der Waals surface area contributed by atoms with Gasteiger partial charge in [0.15, 0.2) is 0 Å². The summed E-state index contributed by atoms with van der Waals surface area (Å²) < 4.78 is 1.66. The van der Waals surface area contributed by atoms with Gasteiger partial charge in [-0.2, -0.15) is 5.26 Å². The first kappa shape index (κ1) is 16.7. The van der Waals surface area contributed by atoms with Gasteiger partial charge in [-0.1, -0.05) is 42.1 Å². The van der Waals surface area contributed by atoms with Crippen LogP contribution in [0, 0.1) is 11.3 Å². The molecule has 0 saturated carbocycles. The number of para-hydroxylation sites is 2. The van der Waals surface area contributed by atoms with E-state index in [0.717, 1.165) is 5.69 Å². The first-order valence-corrected chi connectivity index (χ1v) is 8.49. The van der Waals surface area contributed by atoms with Crippen molar-refractivity contribution in [2.75, 3.05) is 5.32 Å². The fourth-order valence-electron chi connectivity index (χ4n) is 2.14. The highest BCUT2D eigenvalue weighted by Crippen LogP contribution is 2.22. The Hall–Kier alpha value is -3.11. The van der Waals surface area contributed by atoms with E-state index >= 15 is 0 Å². The molecule has 1 N–H and O–H groups in total. The van der Waals surface area contributed by atoms with Crippen LogP contribution in [0.15, 0.2) is 66.1 Å². The highest BCUT2D eigenvalue weighted by Gasteiger charge is 2.18. The van der Waals surface area contributed by atoms with Gasteiger partial charge < -0.3 is 5.32 Å². The van der Waals surface area contributed by atoms with Crippen LogP contribution in [0.5, 0.6) is 0 Å². The van der Waals surface area contributed by atoms with Crippen molar-refractivity contribution < 1.29 is 4.79 Å². The number of carbonyl (C=O) groups excluding carboxylic acids is 1. The van der Waals surface area contributed by atoms with Crippen LogP contribution in [0.3, 0.4) is 0 Å². The molecular formula is C18H15N5OS. The van der Waals surface area contributed by atoms with E-state index in [-0.39, 0.29) is 5.91 Å². The molecule has 0 aliphatic rings. The van der Waals surface area contributed by atoms with E-state index in [1.807, 2.05) is 30.3 Å². The van der Waals surface area contributed by atoms with Crippen LogP contribution < -0.4 is 5.32 Å². The SMILES string of the molecule is CC(Sc1ncn(-c2ccccc2)n1)C(=O)Nc1ccccc1C#N. The molecule has 0 saturated heterocycles. The van der Waals surface area contributed by atoms with Gasteiger partial charge in [0, 0.05) is 0 Å². The Kier molecular flexibility index (Phi) is 5.11. The number of aromatic nitrogens is 3. The molecule has 1 amide bonds. The molecule has 0 aliphatic heterocycles. The van der Waals surface area contributed by atoms with Crippen molar-refractivity contribution >= 4 is 23.4 Å². The number of benzene rings is 2. The maximum absolute atomic E-state index is 12.4. The third kappa shape index (κ3) is 4.05. The van der Waals surface area contributed by atoms with Crippen LogP contribution in [0.25, 0.3) is 5.69 Å². The highest BCUT2D eigenvalue weighted by atomic mass is 32.2. The Morgan fingerprint density at radius 3 is 2.68 bits per heavy atom. The summed E-state index contributed by atoms with van der Waals surface area (Å²) in [5, 5.41) is 16.4. The van der Waals surface area contributed by atoms with E-state index in [2.05, 4.69) is 21.5 Å². The van der Waals surface area contributed by atoms with Crippen LogP contribution in [0.4, 0.5) is 5.69 Å². The summed E-state index contributed by atoms with van der Waals surface area (Å²) in [4.78, 5) is 16.6. The lowest BCUT2D eigenvalue weighted by Crippen LogP contribution is -2.23. The molecule has 3 aromatic rings. The van der Waals surface area contributed by atoms with E-state index < -0.39 is 5.25 Å². The highest BCUT2D eigenvalue weighted by molar-refractivity contribution is 8.00. The van der Waals surface area contributed by atoms with Gasteiger partial charge in [-0.3, -0.25) is 4.79 Å². The number of hydrogen-bond acceptors (Lipinski definition) is 5. The smallest absolute Gasteiger partial charge is 0.237 e. The number of nitriles is 1. The summed E-state index contributed by atoms with van der Waals surface area (Å²) in [7, 11) is 0. The second-order valence-electron chi connectivity index (χ2n) is 5.21. The molecule has 2 aromatic carbocycles. The molecule has 3 rings (SSSR count). The Morgan fingerprint density at radius 2 is 1.92 bits per heavy atom. The second-order valence-corrected chi connectivity index (χ2v) is 6.52. The predicted octanol–water partition coefficient (Wildman–Crippen LogP) is 3.26. The Morgan fingerprint density at radius 1 is 1.20 bits per heavy atom. The van der Waals surface area contributed by atoms with Crippen molar-refractivity contribution in [2.45, 2.75) is 17.3 Å². The lowest BCUT2D eigenvalue weighted by Gasteiger charge is -2.11. The number of nitrogens with zero attached hydrogens (tertiary/aromatic N) is 4. The van der Waals surface area contributed by atoms with Crippen molar-refractivity contribution in [1.82, 2.24) is 14.8 Å². The molecule has 1 aromatic heterocycles. The summed E-state index contributed by atoms with van der Waals surface area (Å²) in [6.45, 7) is 1.78. The zero-order chi connectivity index (χ0) is 17.6. The van der Waals surface area contributed by atoms with E-state index in [9.17, 15) is 4.79 Å². The standard InChI is InChI=1S/C18H15N5OS/c1-13(17(24)21-16-10-6-5-7-14(16)11-19)25-18-20-12-23(22-18)15-8-3-2-4-9-15/h2-10,12-13H,1H3,(H,21,24). The van der Waals surface area contributed by atoms with Crippen molar-refractivity contribution in [3.05, 3.63) is 66.5 Å². The quantitative estimate of drug-likeness (QED) is 0.715. The summed E-state index contributed by atoms with van der Waals surface area (Å²) in [5.41, 5.74) is 1.84. The zero-order valence-corrected chi connectivity index (χ0v) is 14.3. The lowest BCUT2D eigenvalue weighted by atomic mass is 10.2. The van der Waals surface area contributed by atoms with Crippen LogP contribution in [0.2, 0.25) is 0 Å². The topological polar surface area (TPSA) is 83.6 Å². The zero-order valence-electron chi connectivity index (χ0n) is 13.5. The Balaban J connectivity index is 1.66. The lowest BCUT2D eigenvalue weighted by molar-refractivity contribution is -0.115. The molecule has 7 heteroatoms. The molecule has 0 bridgehead atoms. The minimum atomic E-state index is -0.404. The fourth-order valence-corrected chi connectivity index (χ4v) is 2.87. The summed E-state index contributed by atoms with van der Waals surface area (Å²) in [5.74, 6) is -0.205. The van der Waals surface area contributed by atoms with Gasteiger partial charge in [-0.05, 0) is 31.2 Å². The minimum absolute atomic E-state index is 0.205. The van der Waals surface area contributed by atoms with E-state index in [1.54, 1.807) is 42.2 Å². The van der Waals surface area contributed by atoms with Gasteiger partial charge in [0.2, 0.25) is 11.1 Å². The van der Waals surface area contributed by atoms with E-state index in [1.165, 1.54) is 11.8 Å². The Bertz CT molecular complexity index is 916. The first-order chi connectivity index (χ1) is 12.2. The van der Waals surface area contributed by atoms with Crippen molar-refractivity contribution in [1.29, 1.82) is 5.26 Å². The average molecular weight is 349 g/mol. The van der Waals surface area contributed by atoms with Gasteiger partial charge in [-0.15, -0.1) is 5.10 Å². The number of amides is 1. The maximum Gasteiger partial charge on any atom is 0.237 e. The predicted molar refractivity (Wildman–Crippen MR) is 96.5 cm³/mol. The average Bonchev–Trinajstić information content (AvgIpc) is 3.11. The third-order valence-electron chi connectivity index (χ3n) is 3.45. The van der Waals surface area contributed by atoms with E-state index in [0.29, 0.717) is 16.4 Å². The van der Waals surface area contributed by atoms with Gasteiger partial charge in [0.25, 0.3) is 0 Å². The van der Waals surface area contributed by atoms with Crippen molar-refractivity contribution in [3.63, 3.8) is 0 Å². The molecule has 1 heterocycles. The molecule has 0 radical (unpaired) electrons. The Labute approximate surface area is 149 Å². The summed E-state index contributed by atoms with van der Waals surface area (Å²) in [6.07, 6.45) is 1.62. The van der Waals surface area contributed by atoms with Crippen LogP contribution >= 0.6 is 11.8 Å². The molecule has 0 spiro atoms. The van der Waals surface area contributed by atoms with E-state index in [4.69, 9.17) is 5.26 Å². The number of carbonyl (C=O) groups is 1. The molecule has 0 aliphatic carbocycles.